The number of carbonyl (C=O) groups is 1. The number of aromatic nitrogens is 4. The molecule has 1 saturated heterocycles. The number of halogens is 1. The molecule has 42 heavy (non-hydrogen) atoms. The summed E-state index contributed by atoms with van der Waals surface area (Å²) in [6.45, 7) is 10.3. The fourth-order valence-corrected chi connectivity index (χ4v) is 6.22. The van der Waals surface area contributed by atoms with Gasteiger partial charge in [-0.15, -0.1) is 11.3 Å². The molecule has 1 N–H and O–H groups in total. The predicted molar refractivity (Wildman–Crippen MR) is 163 cm³/mol. The van der Waals surface area contributed by atoms with Crippen molar-refractivity contribution in [3.63, 3.8) is 0 Å². The Morgan fingerprint density at radius 3 is 2.57 bits per heavy atom. The lowest BCUT2D eigenvalue weighted by Gasteiger charge is -2.27. The summed E-state index contributed by atoms with van der Waals surface area (Å²) in [4.78, 5) is 29.8. The van der Waals surface area contributed by atoms with E-state index in [0.29, 0.717) is 36.0 Å². The zero-order valence-corrected chi connectivity index (χ0v) is 24.7. The molecule has 10 heteroatoms. The number of imidazole rings is 1. The van der Waals surface area contributed by atoms with Crippen molar-refractivity contribution in [2.75, 3.05) is 31.6 Å². The zero-order chi connectivity index (χ0) is 29.3. The molecule has 1 fully saturated rings. The lowest BCUT2D eigenvalue weighted by Crippen LogP contribution is -2.36. The van der Waals surface area contributed by atoms with Crippen molar-refractivity contribution in [3.05, 3.63) is 89.2 Å². The Kier molecular flexibility index (Phi) is 7.85. The van der Waals surface area contributed by atoms with Gasteiger partial charge < -0.3 is 10.1 Å². The van der Waals surface area contributed by atoms with Crippen molar-refractivity contribution in [2.45, 2.75) is 39.2 Å². The number of fused-ring (bicyclic) bond motifs is 1. The summed E-state index contributed by atoms with van der Waals surface area (Å²) >= 11 is 1.49. The minimum Gasteiger partial charge on any atom is -0.379 e. The number of hydrogen-bond donors (Lipinski definition) is 1. The average Bonchev–Trinajstić information content (AvgIpc) is 3.59. The molecule has 1 aliphatic heterocycles. The molecular formula is C32H33FN6O2S. The highest BCUT2D eigenvalue weighted by Crippen LogP contribution is 2.35. The van der Waals surface area contributed by atoms with Crippen LogP contribution in [0.1, 0.15) is 36.9 Å². The van der Waals surface area contributed by atoms with E-state index < -0.39 is 5.82 Å². The van der Waals surface area contributed by atoms with Crippen LogP contribution < -0.4 is 5.32 Å². The van der Waals surface area contributed by atoms with Gasteiger partial charge in [0.05, 0.1) is 37.2 Å². The number of hydrogen-bond acceptors (Lipinski definition) is 7. The van der Waals surface area contributed by atoms with E-state index in [4.69, 9.17) is 9.72 Å². The molecule has 0 bridgehead atoms. The summed E-state index contributed by atoms with van der Waals surface area (Å²) < 4.78 is 22.7. The number of ether oxygens (including phenoxy) is 1. The summed E-state index contributed by atoms with van der Waals surface area (Å²) in [5.41, 5.74) is 5.48. The summed E-state index contributed by atoms with van der Waals surface area (Å²) in [7, 11) is 0. The normalized spacial score (nSPS) is 14.4. The molecular weight excluding hydrogens is 551 g/mol. The van der Waals surface area contributed by atoms with E-state index in [1.54, 1.807) is 24.7 Å². The Morgan fingerprint density at radius 2 is 1.83 bits per heavy atom. The highest BCUT2D eigenvalue weighted by atomic mass is 32.1. The van der Waals surface area contributed by atoms with E-state index in [0.717, 1.165) is 46.1 Å². The Balaban J connectivity index is 1.16. The number of anilines is 1. The van der Waals surface area contributed by atoms with Crippen LogP contribution in [0.2, 0.25) is 0 Å². The molecule has 8 nitrogen and oxygen atoms in total. The van der Waals surface area contributed by atoms with Gasteiger partial charge in [-0.1, -0.05) is 32.9 Å². The standard InChI is InChI=1S/C32H33FN6O2S/c1-32(2,3)30-26(20-38-12-14-41-15-13-38)36-31(42-30)37-29(40)18-23-4-5-24(16-25(23)33)27-19-35-28-17-22(8-11-39(27)28)21-6-9-34-10-7-21/h4-11,16-17,19H,12-15,18,20H2,1-3H3,(H,36,37,40). The number of thiazole rings is 1. The summed E-state index contributed by atoms with van der Waals surface area (Å²) in [6.07, 6.45) is 7.09. The molecule has 0 atom stereocenters. The summed E-state index contributed by atoms with van der Waals surface area (Å²) in [5.74, 6) is -0.735. The molecule has 0 radical (unpaired) electrons. The smallest absolute Gasteiger partial charge is 0.230 e. The molecule has 1 amide bonds. The van der Waals surface area contributed by atoms with Crippen molar-refractivity contribution in [3.8, 4) is 22.4 Å². The number of amides is 1. The SMILES string of the molecule is CC(C)(C)c1sc(NC(=O)Cc2ccc(-c3cnc4cc(-c5ccncc5)ccn34)cc2F)nc1CN1CCOCC1. The van der Waals surface area contributed by atoms with E-state index >= 15 is 4.39 Å². The van der Waals surface area contributed by atoms with Gasteiger partial charge in [0.25, 0.3) is 0 Å². The van der Waals surface area contributed by atoms with Crippen LogP contribution in [-0.4, -0.2) is 56.5 Å². The van der Waals surface area contributed by atoms with E-state index in [1.807, 2.05) is 40.9 Å². The molecule has 1 aliphatic rings. The molecule has 4 aromatic heterocycles. The first-order valence-corrected chi connectivity index (χ1v) is 14.8. The average molecular weight is 585 g/mol. The Bertz CT molecular complexity index is 1720. The van der Waals surface area contributed by atoms with Gasteiger partial charge in [0, 0.05) is 48.7 Å². The summed E-state index contributed by atoms with van der Waals surface area (Å²) in [6, 6.07) is 12.8. The van der Waals surface area contributed by atoms with Gasteiger partial charge in [-0.2, -0.15) is 0 Å². The molecule has 0 spiro atoms. The number of pyridine rings is 2. The van der Waals surface area contributed by atoms with Crippen LogP contribution in [0.5, 0.6) is 0 Å². The number of nitrogens with one attached hydrogen (secondary N) is 1. The highest BCUT2D eigenvalue weighted by Gasteiger charge is 2.26. The van der Waals surface area contributed by atoms with Gasteiger partial charge >= 0.3 is 0 Å². The third-order valence-electron chi connectivity index (χ3n) is 7.33. The van der Waals surface area contributed by atoms with Gasteiger partial charge in [-0.25, -0.2) is 14.4 Å². The third kappa shape index (κ3) is 6.11. The fraction of sp³-hybridized carbons (Fsp3) is 0.312. The minimum absolute atomic E-state index is 0.0855. The van der Waals surface area contributed by atoms with E-state index in [9.17, 15) is 4.79 Å². The van der Waals surface area contributed by atoms with E-state index in [-0.39, 0.29) is 17.7 Å². The minimum atomic E-state index is -0.437. The van der Waals surface area contributed by atoms with Crippen LogP contribution in [-0.2, 0) is 27.9 Å². The second-order valence-corrected chi connectivity index (χ2v) is 12.5. The first-order chi connectivity index (χ1) is 20.2. The Morgan fingerprint density at radius 1 is 1.05 bits per heavy atom. The van der Waals surface area contributed by atoms with Crippen molar-refractivity contribution in [1.29, 1.82) is 0 Å². The summed E-state index contributed by atoms with van der Waals surface area (Å²) in [5, 5.41) is 3.46. The molecule has 5 heterocycles. The van der Waals surface area contributed by atoms with Crippen LogP contribution in [0.4, 0.5) is 9.52 Å². The van der Waals surface area contributed by atoms with Crippen molar-refractivity contribution < 1.29 is 13.9 Å². The van der Waals surface area contributed by atoms with Crippen LogP contribution in [0, 0.1) is 5.82 Å². The van der Waals surface area contributed by atoms with Gasteiger partial charge in [0.15, 0.2) is 5.13 Å². The maximum absolute atomic E-state index is 15.3. The van der Waals surface area contributed by atoms with Crippen LogP contribution >= 0.6 is 11.3 Å². The quantitative estimate of drug-likeness (QED) is 0.254. The molecule has 0 aliphatic carbocycles. The Hall–Kier alpha value is -3.99. The predicted octanol–water partition coefficient (Wildman–Crippen LogP) is 5.97. The van der Waals surface area contributed by atoms with Crippen LogP contribution in [0.15, 0.2) is 67.3 Å². The monoisotopic (exact) mass is 584 g/mol. The molecule has 0 saturated carbocycles. The molecule has 216 valence electrons. The number of benzene rings is 1. The second-order valence-electron chi connectivity index (χ2n) is 11.5. The highest BCUT2D eigenvalue weighted by molar-refractivity contribution is 7.16. The van der Waals surface area contributed by atoms with Crippen molar-refractivity contribution >= 4 is 28.0 Å². The maximum Gasteiger partial charge on any atom is 0.230 e. The number of rotatable bonds is 7. The van der Waals surface area contributed by atoms with Crippen molar-refractivity contribution in [2.24, 2.45) is 0 Å². The second kappa shape index (κ2) is 11.7. The number of nitrogens with zero attached hydrogens (tertiary/aromatic N) is 5. The lowest BCUT2D eigenvalue weighted by atomic mass is 9.93. The van der Waals surface area contributed by atoms with Gasteiger partial charge in [-0.3, -0.25) is 19.1 Å². The van der Waals surface area contributed by atoms with Gasteiger partial charge in [-0.05, 0) is 52.4 Å². The molecule has 0 unspecified atom stereocenters. The molecule has 5 aromatic rings. The van der Waals surface area contributed by atoms with Crippen LogP contribution in [0.25, 0.3) is 28.0 Å². The van der Waals surface area contributed by atoms with Crippen molar-refractivity contribution in [1.82, 2.24) is 24.3 Å². The zero-order valence-electron chi connectivity index (χ0n) is 23.9. The topological polar surface area (TPSA) is 84.7 Å². The van der Waals surface area contributed by atoms with Gasteiger partial charge in [0.1, 0.15) is 11.5 Å². The van der Waals surface area contributed by atoms with E-state index in [2.05, 4.69) is 41.0 Å². The first kappa shape index (κ1) is 28.1. The van der Waals surface area contributed by atoms with E-state index in [1.165, 1.54) is 17.4 Å². The largest absolute Gasteiger partial charge is 0.379 e. The lowest BCUT2D eigenvalue weighted by molar-refractivity contribution is -0.115. The number of morpholine rings is 1. The maximum atomic E-state index is 15.3. The molecule has 6 rings (SSSR count). The molecule has 1 aromatic carbocycles. The fourth-order valence-electron chi connectivity index (χ4n) is 5.17. The Labute approximate surface area is 248 Å². The van der Waals surface area contributed by atoms with Gasteiger partial charge in [0.2, 0.25) is 5.91 Å². The number of carbonyl (C=O) groups excluding carboxylic acids is 1. The first-order valence-electron chi connectivity index (χ1n) is 14.0. The third-order valence-corrected chi connectivity index (χ3v) is 8.77. The van der Waals surface area contributed by atoms with Crippen LogP contribution in [0.3, 0.4) is 0 Å².